The predicted octanol–water partition coefficient (Wildman–Crippen LogP) is 6.95. The van der Waals surface area contributed by atoms with Gasteiger partial charge in [0, 0.05) is 22.7 Å². The van der Waals surface area contributed by atoms with E-state index in [4.69, 9.17) is 9.41 Å². The first kappa shape index (κ1) is 20.7. The Balaban J connectivity index is 1.64. The average molecular weight is 481 g/mol. The predicted molar refractivity (Wildman–Crippen MR) is 128 cm³/mol. The maximum absolute atomic E-state index is 12.9. The number of rotatable bonds is 4. The van der Waals surface area contributed by atoms with Crippen LogP contribution in [0.3, 0.4) is 0 Å². The molecule has 3 aromatic rings. The number of aryl methyl sites for hydroxylation is 2. The Labute approximate surface area is 188 Å². The number of thioether (sulfide) groups is 1. The second-order valence-electron chi connectivity index (χ2n) is 7.00. The van der Waals surface area contributed by atoms with Gasteiger partial charge >= 0.3 is 0 Å². The van der Waals surface area contributed by atoms with Crippen LogP contribution >= 0.6 is 27.7 Å². The molecule has 1 aromatic heterocycles. The molecule has 152 valence electrons. The molecule has 2 aromatic carbocycles. The fourth-order valence-corrected chi connectivity index (χ4v) is 4.57. The molecule has 4 nitrogen and oxygen atoms in total. The van der Waals surface area contributed by atoms with Gasteiger partial charge < -0.3 is 4.42 Å². The van der Waals surface area contributed by atoms with Crippen LogP contribution < -0.4 is 0 Å². The molecule has 0 unspecified atom stereocenters. The van der Waals surface area contributed by atoms with E-state index >= 15 is 0 Å². The minimum atomic E-state index is -0.0471. The van der Waals surface area contributed by atoms with E-state index < -0.39 is 0 Å². The first-order valence-corrected chi connectivity index (χ1v) is 11.3. The summed E-state index contributed by atoms with van der Waals surface area (Å²) in [5.74, 6) is 1.36. The number of likely N-dealkylation sites (N-methyl/N-ethyl adjacent to an activating group) is 1. The highest BCUT2D eigenvalue weighted by Crippen LogP contribution is 2.36. The van der Waals surface area contributed by atoms with Gasteiger partial charge in [-0.2, -0.15) is 0 Å². The Bertz CT molecular complexity index is 1140. The Morgan fingerprint density at radius 2 is 1.77 bits per heavy atom. The number of furan rings is 1. The van der Waals surface area contributed by atoms with E-state index in [0.717, 1.165) is 32.6 Å². The summed E-state index contributed by atoms with van der Waals surface area (Å²) in [7, 11) is 0. The lowest BCUT2D eigenvalue weighted by Crippen LogP contribution is -2.28. The van der Waals surface area contributed by atoms with E-state index in [0.29, 0.717) is 22.4 Å². The van der Waals surface area contributed by atoms with Gasteiger partial charge in [0.15, 0.2) is 5.17 Å². The van der Waals surface area contributed by atoms with Gasteiger partial charge in [-0.05, 0) is 67.9 Å². The van der Waals surface area contributed by atoms with Crippen molar-refractivity contribution in [2.45, 2.75) is 20.8 Å². The minimum Gasteiger partial charge on any atom is -0.457 e. The van der Waals surface area contributed by atoms with Crippen LogP contribution in [-0.2, 0) is 4.79 Å². The van der Waals surface area contributed by atoms with Crippen molar-refractivity contribution in [1.29, 1.82) is 0 Å². The summed E-state index contributed by atoms with van der Waals surface area (Å²) in [5, 5.41) is 0.700. The fraction of sp³-hybridized carbons (Fsp3) is 0.167. The summed E-state index contributed by atoms with van der Waals surface area (Å²) < 4.78 is 6.98. The minimum absolute atomic E-state index is 0.0471. The number of carbonyl (C=O) groups is 1. The molecule has 1 saturated heterocycles. The molecule has 0 atom stereocenters. The first-order chi connectivity index (χ1) is 14.5. The molecule has 2 heterocycles. The average Bonchev–Trinajstić information content (AvgIpc) is 3.30. The second-order valence-corrected chi connectivity index (χ2v) is 8.93. The van der Waals surface area contributed by atoms with Crippen LogP contribution in [0.1, 0.15) is 23.8 Å². The number of hydrogen-bond donors (Lipinski definition) is 0. The van der Waals surface area contributed by atoms with Gasteiger partial charge in [-0.1, -0.05) is 46.3 Å². The van der Waals surface area contributed by atoms with E-state index in [1.165, 1.54) is 11.8 Å². The van der Waals surface area contributed by atoms with Crippen LogP contribution in [0.15, 0.2) is 73.4 Å². The highest BCUT2D eigenvalue weighted by molar-refractivity contribution is 9.10. The number of amidine groups is 1. The number of halogens is 1. The Morgan fingerprint density at radius 3 is 2.43 bits per heavy atom. The van der Waals surface area contributed by atoms with Gasteiger partial charge in [0.25, 0.3) is 5.91 Å². The first-order valence-electron chi connectivity index (χ1n) is 9.68. The van der Waals surface area contributed by atoms with Gasteiger partial charge in [0.2, 0.25) is 0 Å². The van der Waals surface area contributed by atoms with Crippen molar-refractivity contribution < 1.29 is 9.21 Å². The molecule has 0 bridgehead atoms. The highest BCUT2D eigenvalue weighted by atomic mass is 79.9. The van der Waals surface area contributed by atoms with E-state index in [2.05, 4.69) is 15.9 Å². The third kappa shape index (κ3) is 4.16. The fourth-order valence-electron chi connectivity index (χ4n) is 3.28. The summed E-state index contributed by atoms with van der Waals surface area (Å²) in [6.45, 7) is 6.59. The molecular weight excluding hydrogens is 460 g/mol. The molecule has 1 amide bonds. The number of benzene rings is 2. The number of para-hydroxylation sites is 1. The zero-order valence-corrected chi connectivity index (χ0v) is 19.4. The van der Waals surface area contributed by atoms with Crippen LogP contribution in [0.2, 0.25) is 0 Å². The van der Waals surface area contributed by atoms with Crippen LogP contribution in [0.5, 0.6) is 0 Å². The lowest BCUT2D eigenvalue weighted by molar-refractivity contribution is -0.122. The largest absolute Gasteiger partial charge is 0.457 e. The molecule has 6 heteroatoms. The summed E-state index contributed by atoms with van der Waals surface area (Å²) in [6.07, 6.45) is 1.80. The Hall–Kier alpha value is -2.57. The van der Waals surface area contributed by atoms with Crippen LogP contribution in [-0.4, -0.2) is 22.5 Å². The lowest BCUT2D eigenvalue weighted by atomic mass is 10.1. The highest BCUT2D eigenvalue weighted by Gasteiger charge is 2.32. The van der Waals surface area contributed by atoms with Crippen molar-refractivity contribution in [2.75, 3.05) is 6.54 Å². The number of aliphatic imine (C=N–C) groups is 1. The maximum atomic E-state index is 12.9. The molecule has 1 fully saturated rings. The molecule has 1 aliphatic heterocycles. The number of hydrogen-bond acceptors (Lipinski definition) is 4. The van der Waals surface area contributed by atoms with Gasteiger partial charge in [0.1, 0.15) is 11.5 Å². The van der Waals surface area contributed by atoms with E-state index in [1.54, 1.807) is 11.0 Å². The monoisotopic (exact) mass is 480 g/mol. The molecule has 0 spiro atoms. The van der Waals surface area contributed by atoms with E-state index in [9.17, 15) is 4.79 Å². The van der Waals surface area contributed by atoms with Crippen molar-refractivity contribution in [2.24, 2.45) is 4.99 Å². The number of nitrogens with zero attached hydrogens (tertiary/aromatic N) is 2. The maximum Gasteiger partial charge on any atom is 0.266 e. The Morgan fingerprint density at radius 1 is 1.07 bits per heavy atom. The normalized spacial score (nSPS) is 16.8. The van der Waals surface area contributed by atoms with Crippen molar-refractivity contribution in [3.8, 4) is 11.3 Å². The SMILES string of the molecule is CCN1C(=O)/C(=C\c2ccc(-c3ccc(Br)cc3)o2)SC1=Nc1c(C)cccc1C. The van der Waals surface area contributed by atoms with Gasteiger partial charge in [0.05, 0.1) is 10.6 Å². The second kappa shape index (κ2) is 8.66. The molecule has 0 saturated carbocycles. The van der Waals surface area contributed by atoms with E-state index in [-0.39, 0.29) is 5.91 Å². The molecule has 0 N–H and O–H groups in total. The smallest absolute Gasteiger partial charge is 0.266 e. The number of amides is 1. The van der Waals surface area contributed by atoms with Gasteiger partial charge in [-0.25, -0.2) is 4.99 Å². The van der Waals surface area contributed by atoms with E-state index in [1.807, 2.05) is 75.4 Å². The molecule has 1 aliphatic rings. The third-order valence-corrected chi connectivity index (χ3v) is 6.42. The van der Waals surface area contributed by atoms with Gasteiger partial charge in [-0.15, -0.1) is 0 Å². The molecule has 4 rings (SSSR count). The zero-order valence-electron chi connectivity index (χ0n) is 17.0. The summed E-state index contributed by atoms with van der Waals surface area (Å²) >= 11 is 4.83. The zero-order chi connectivity index (χ0) is 21.3. The van der Waals surface area contributed by atoms with Crippen LogP contribution in [0.25, 0.3) is 17.4 Å². The van der Waals surface area contributed by atoms with Crippen molar-refractivity contribution in [3.05, 3.63) is 80.9 Å². The van der Waals surface area contributed by atoms with Crippen molar-refractivity contribution in [3.63, 3.8) is 0 Å². The quantitative estimate of drug-likeness (QED) is 0.379. The molecule has 0 radical (unpaired) electrons. The van der Waals surface area contributed by atoms with Crippen LogP contribution in [0.4, 0.5) is 5.69 Å². The summed E-state index contributed by atoms with van der Waals surface area (Å²) in [5.41, 5.74) is 4.09. The van der Waals surface area contributed by atoms with Gasteiger partial charge in [-0.3, -0.25) is 9.69 Å². The van der Waals surface area contributed by atoms with Crippen molar-refractivity contribution in [1.82, 2.24) is 4.90 Å². The topological polar surface area (TPSA) is 45.8 Å². The number of carbonyl (C=O) groups excluding carboxylic acids is 1. The standard InChI is InChI=1S/C24H21BrN2O2S/c1-4-27-23(28)21(30-24(27)26-22-15(2)6-5-7-16(22)3)14-19-12-13-20(29-19)17-8-10-18(25)11-9-17/h5-14H,4H2,1-3H3/b21-14+,26-24?. The molecular formula is C24H21BrN2O2S. The Kier molecular flexibility index (Phi) is 5.97. The third-order valence-electron chi connectivity index (χ3n) is 4.88. The molecule has 0 aliphatic carbocycles. The summed E-state index contributed by atoms with van der Waals surface area (Å²) in [4.78, 5) is 20.1. The lowest BCUT2D eigenvalue weighted by Gasteiger charge is -2.13. The van der Waals surface area contributed by atoms with Crippen LogP contribution in [0, 0.1) is 13.8 Å². The molecule has 30 heavy (non-hydrogen) atoms. The van der Waals surface area contributed by atoms with Crippen molar-refractivity contribution >= 4 is 50.5 Å². The summed E-state index contributed by atoms with van der Waals surface area (Å²) in [6, 6.07) is 17.8.